The van der Waals surface area contributed by atoms with Crippen LogP contribution in [0, 0.1) is 29.8 Å². The van der Waals surface area contributed by atoms with Gasteiger partial charge in [0.15, 0.2) is 0 Å². The zero-order chi connectivity index (χ0) is 35.3. The predicted octanol–water partition coefficient (Wildman–Crippen LogP) is 11.8. The summed E-state index contributed by atoms with van der Waals surface area (Å²) < 4.78 is 37.7. The van der Waals surface area contributed by atoms with E-state index in [1.807, 2.05) is 42.6 Å². The third kappa shape index (κ3) is 6.96. The van der Waals surface area contributed by atoms with Crippen molar-refractivity contribution in [2.24, 2.45) is 10.8 Å². The topological polar surface area (TPSA) is 38.9 Å². The van der Waals surface area contributed by atoms with E-state index in [-0.39, 0.29) is 36.5 Å². The molecule has 4 heteroatoms. The summed E-state index contributed by atoms with van der Waals surface area (Å²) in [6, 6.07) is 37.9. The van der Waals surface area contributed by atoms with Crippen LogP contribution in [0.5, 0.6) is 0 Å². The number of rotatable bonds is 3. The fourth-order valence-electron chi connectivity index (χ4n) is 7.40. The minimum Gasteiger partial charge on any atom is -0.500 e. The minimum atomic E-state index is -2.09. The number of furan rings is 1. The van der Waals surface area contributed by atoms with Gasteiger partial charge in [0.1, 0.15) is 5.58 Å². The quantitative estimate of drug-likeness (QED) is 0.167. The van der Waals surface area contributed by atoms with Crippen LogP contribution in [0.1, 0.15) is 69.5 Å². The van der Waals surface area contributed by atoms with E-state index in [0.717, 1.165) is 74.7 Å². The van der Waals surface area contributed by atoms with Gasteiger partial charge in [0.05, 0.1) is 5.58 Å². The zero-order valence-corrected chi connectivity index (χ0v) is 29.5. The predicted molar refractivity (Wildman–Crippen MR) is 191 cm³/mol. The molecule has 1 fully saturated rings. The first-order chi connectivity index (χ1) is 23.7. The smallest absolute Gasteiger partial charge is 0.128 e. The van der Waals surface area contributed by atoms with Gasteiger partial charge in [-0.05, 0) is 71.2 Å². The van der Waals surface area contributed by atoms with E-state index in [2.05, 4.69) is 87.3 Å². The molecule has 3 aromatic heterocycles. The SMILES string of the molecule is [2H]C([2H])([2H])c1ccc(-c2[c-]cccc2)nc1.[2H]C1(c2ccnc(-c3[c-]ccc4c3oc3c5ccccc5ccc43)c2)CC(C)(C)CC(C)(C)C1.[Ir]. The maximum atomic E-state index is 9.51. The Kier molecular flexibility index (Phi) is 7.84. The number of hydrogen-bond donors (Lipinski definition) is 0. The van der Waals surface area contributed by atoms with Crippen molar-refractivity contribution in [3.63, 3.8) is 0 Å². The van der Waals surface area contributed by atoms with E-state index in [9.17, 15) is 1.37 Å². The molecule has 7 aromatic rings. The number of hydrogen-bond acceptors (Lipinski definition) is 3. The van der Waals surface area contributed by atoms with Gasteiger partial charge >= 0.3 is 0 Å². The van der Waals surface area contributed by atoms with Crippen LogP contribution in [0.4, 0.5) is 0 Å². The van der Waals surface area contributed by atoms with Gasteiger partial charge in [-0.1, -0.05) is 98.8 Å². The molecule has 1 saturated carbocycles. The molecule has 1 radical (unpaired) electrons. The molecule has 47 heavy (non-hydrogen) atoms. The molecule has 1 aliphatic rings. The normalized spacial score (nSPS) is 17.8. The Balaban J connectivity index is 0.000000222. The number of aromatic nitrogens is 2. The molecular formula is C43H40IrN2O-2. The number of aryl methyl sites for hydroxylation is 1. The third-order valence-electron chi connectivity index (χ3n) is 8.84. The molecule has 239 valence electrons. The van der Waals surface area contributed by atoms with E-state index in [1.54, 1.807) is 18.2 Å². The molecule has 0 spiro atoms. The molecule has 0 saturated heterocycles. The molecule has 3 heterocycles. The van der Waals surface area contributed by atoms with Crippen LogP contribution in [0.15, 0.2) is 114 Å². The molecule has 1 aliphatic carbocycles. The van der Waals surface area contributed by atoms with Crippen molar-refractivity contribution in [1.82, 2.24) is 9.97 Å². The first kappa shape index (κ1) is 28.0. The van der Waals surface area contributed by atoms with E-state index >= 15 is 0 Å². The first-order valence-corrected chi connectivity index (χ1v) is 15.9. The maximum Gasteiger partial charge on any atom is 0.128 e. The fourth-order valence-corrected chi connectivity index (χ4v) is 7.40. The van der Waals surface area contributed by atoms with Gasteiger partial charge in [-0.25, -0.2) is 0 Å². The summed E-state index contributed by atoms with van der Waals surface area (Å²) in [7, 11) is 0. The van der Waals surface area contributed by atoms with E-state index < -0.39 is 12.7 Å². The van der Waals surface area contributed by atoms with Gasteiger partial charge in [0.2, 0.25) is 0 Å². The summed E-state index contributed by atoms with van der Waals surface area (Å²) in [5, 5.41) is 4.45. The van der Waals surface area contributed by atoms with Gasteiger partial charge in [0, 0.05) is 48.8 Å². The van der Waals surface area contributed by atoms with E-state index in [1.165, 1.54) is 11.6 Å². The Morgan fingerprint density at radius 1 is 0.766 bits per heavy atom. The van der Waals surface area contributed by atoms with Crippen molar-refractivity contribution in [3.05, 3.63) is 133 Å². The van der Waals surface area contributed by atoms with Gasteiger partial charge in [-0.15, -0.1) is 54.1 Å². The summed E-state index contributed by atoms with van der Waals surface area (Å²) >= 11 is 0. The Morgan fingerprint density at radius 2 is 1.55 bits per heavy atom. The molecule has 8 rings (SSSR count). The van der Waals surface area contributed by atoms with Gasteiger partial charge < -0.3 is 14.4 Å². The molecule has 0 aliphatic heterocycles. The van der Waals surface area contributed by atoms with Crippen molar-refractivity contribution in [3.8, 4) is 22.5 Å². The molecule has 0 amide bonds. The summed E-state index contributed by atoms with van der Waals surface area (Å²) in [4.78, 5) is 8.84. The minimum absolute atomic E-state index is 0. The molecule has 3 nitrogen and oxygen atoms in total. The van der Waals surface area contributed by atoms with Crippen LogP contribution in [-0.4, -0.2) is 9.97 Å². The van der Waals surface area contributed by atoms with Crippen LogP contribution in [0.2, 0.25) is 0 Å². The second kappa shape index (κ2) is 13.2. The number of fused-ring (bicyclic) bond motifs is 5. The summed E-state index contributed by atoms with van der Waals surface area (Å²) in [5.41, 5.74) is 6.51. The zero-order valence-electron chi connectivity index (χ0n) is 31.1. The third-order valence-corrected chi connectivity index (χ3v) is 8.84. The van der Waals surface area contributed by atoms with Crippen molar-refractivity contribution < 1.29 is 30.0 Å². The van der Waals surface area contributed by atoms with Gasteiger partial charge in [-0.2, -0.15) is 0 Å². The summed E-state index contributed by atoms with van der Waals surface area (Å²) in [6.45, 7) is 7.10. The van der Waals surface area contributed by atoms with Crippen molar-refractivity contribution in [2.75, 3.05) is 0 Å². The summed E-state index contributed by atoms with van der Waals surface area (Å²) in [5.74, 6) is -0.638. The Labute approximate surface area is 297 Å². The maximum absolute atomic E-state index is 9.51. The Bertz CT molecular complexity index is 2300. The fraction of sp³-hybridized carbons (Fsp3) is 0.256. The van der Waals surface area contributed by atoms with Gasteiger partial charge in [0.25, 0.3) is 0 Å². The largest absolute Gasteiger partial charge is 0.500 e. The number of pyridine rings is 2. The second-order valence-electron chi connectivity index (χ2n) is 14.0. The molecule has 0 N–H and O–H groups in total. The van der Waals surface area contributed by atoms with Crippen LogP contribution >= 0.6 is 0 Å². The van der Waals surface area contributed by atoms with E-state index in [0.29, 0.717) is 0 Å². The van der Waals surface area contributed by atoms with Crippen LogP contribution in [0.3, 0.4) is 0 Å². The molecule has 0 unspecified atom stereocenters. The summed E-state index contributed by atoms with van der Waals surface area (Å²) in [6.07, 6.45) is 6.07. The van der Waals surface area contributed by atoms with Crippen LogP contribution in [-0.2, 0) is 20.1 Å². The standard InChI is InChI=1S/C31H30NO.C12H10N.Ir/c1-30(2)17-22(18-31(3,4)19-30)21-14-15-32-27(16-21)26-11-7-10-24-25-13-12-20-8-5-6-9-23(20)28(25)33-29(24)26;1-10-7-8-12(13-9-10)11-5-3-2-4-6-11;/h5-10,12-16,22H,17-19H2,1-4H3;2-5,7-9H,1H3;/q2*-1;/i22D;1D3;. The molecule has 4 aromatic carbocycles. The average molecular weight is 797 g/mol. The first-order valence-electron chi connectivity index (χ1n) is 17.9. The number of benzene rings is 4. The Hall–Kier alpha value is -4.11. The van der Waals surface area contributed by atoms with Crippen molar-refractivity contribution in [1.29, 1.82) is 0 Å². The molecule has 0 bridgehead atoms. The number of nitrogens with zero attached hydrogens (tertiary/aromatic N) is 2. The molecular weight excluding hydrogens is 753 g/mol. The average Bonchev–Trinajstić information content (AvgIpc) is 3.47. The monoisotopic (exact) mass is 797 g/mol. The van der Waals surface area contributed by atoms with Crippen molar-refractivity contribution >= 4 is 32.7 Å². The van der Waals surface area contributed by atoms with E-state index in [4.69, 9.17) is 13.5 Å². The van der Waals surface area contributed by atoms with Crippen LogP contribution in [0.25, 0.3) is 55.2 Å². The Morgan fingerprint density at radius 3 is 2.30 bits per heavy atom. The van der Waals surface area contributed by atoms with Gasteiger partial charge in [-0.3, -0.25) is 0 Å². The van der Waals surface area contributed by atoms with Crippen molar-refractivity contribution in [2.45, 2.75) is 59.7 Å². The second-order valence-corrected chi connectivity index (χ2v) is 14.0. The molecule has 0 atom stereocenters. The van der Waals surface area contributed by atoms with Crippen LogP contribution < -0.4 is 0 Å².